The zero-order valence-electron chi connectivity index (χ0n) is 11.7. The summed E-state index contributed by atoms with van der Waals surface area (Å²) in [6, 6.07) is 15.7. The number of imidazole rings is 1. The third kappa shape index (κ3) is 1.52. The van der Waals surface area contributed by atoms with Crippen LogP contribution in [0.5, 0.6) is 0 Å². The van der Waals surface area contributed by atoms with Crippen LogP contribution in [0, 0.1) is 0 Å². The van der Waals surface area contributed by atoms with Gasteiger partial charge in [-0.25, -0.2) is 4.98 Å². The molecule has 0 saturated carbocycles. The smallest absolute Gasteiger partial charge is 0.258 e. The van der Waals surface area contributed by atoms with Gasteiger partial charge in [0.2, 0.25) is 0 Å². The first kappa shape index (κ1) is 12.6. The zero-order valence-corrected chi connectivity index (χ0v) is 12.5. The third-order valence-electron chi connectivity index (χ3n) is 4.37. The number of rotatable bonds is 1. The van der Waals surface area contributed by atoms with Crippen molar-refractivity contribution < 1.29 is 9.47 Å². The number of nitrogens with zero attached hydrogens (tertiary/aromatic N) is 2. The Labute approximate surface area is 132 Å². The van der Waals surface area contributed by atoms with Crippen LogP contribution in [0.3, 0.4) is 0 Å². The molecular formula is C17H13ClN2O2. The maximum absolute atomic E-state index is 6.41. The van der Waals surface area contributed by atoms with E-state index in [0.29, 0.717) is 11.6 Å². The number of para-hydroxylation sites is 2. The van der Waals surface area contributed by atoms with E-state index < -0.39 is 5.79 Å². The first-order chi connectivity index (χ1) is 10.8. The summed E-state index contributed by atoms with van der Waals surface area (Å²) in [4.78, 5) is 4.78. The normalized spacial score (nSPS) is 26.3. The molecule has 22 heavy (non-hydrogen) atoms. The Hall–Kier alpha value is -1.88. The Morgan fingerprint density at radius 2 is 1.95 bits per heavy atom. The molecule has 1 fully saturated rings. The summed E-state index contributed by atoms with van der Waals surface area (Å²) in [5.74, 6) is -0.226. The Balaban J connectivity index is 1.83. The largest absolute Gasteiger partial charge is 0.337 e. The maximum atomic E-state index is 6.41. The molecule has 110 valence electrons. The molecule has 2 aromatic carbocycles. The monoisotopic (exact) mass is 312 g/mol. The number of halogens is 1. The number of hydrogen-bond donors (Lipinski definition) is 0. The van der Waals surface area contributed by atoms with Crippen LogP contribution >= 0.6 is 11.6 Å². The van der Waals surface area contributed by atoms with Crippen LogP contribution in [-0.4, -0.2) is 22.3 Å². The molecule has 2 aliphatic rings. The van der Waals surface area contributed by atoms with Crippen molar-refractivity contribution in [3.63, 3.8) is 0 Å². The van der Waals surface area contributed by atoms with Gasteiger partial charge in [-0.15, -0.1) is 0 Å². The van der Waals surface area contributed by atoms with Gasteiger partial charge in [-0.05, 0) is 18.2 Å². The van der Waals surface area contributed by atoms with Gasteiger partial charge in [0.15, 0.2) is 5.82 Å². The fraction of sp³-hybridized carbons (Fsp3) is 0.235. The van der Waals surface area contributed by atoms with E-state index in [9.17, 15) is 0 Å². The Bertz CT molecular complexity index is 891. The standard InChI is InChI=1S/C17H13ClN2O2/c18-13-6-2-1-5-12(13)17-16-19-14-7-3-4-8-15(14)20(16)9-11(22-17)10-21-17/h1-8,11H,9-10H2. The summed E-state index contributed by atoms with van der Waals surface area (Å²) < 4.78 is 14.5. The predicted molar refractivity (Wildman–Crippen MR) is 82.8 cm³/mol. The minimum absolute atomic E-state index is 0.0152. The van der Waals surface area contributed by atoms with E-state index in [1.165, 1.54) is 0 Å². The fourth-order valence-corrected chi connectivity index (χ4v) is 3.69. The molecule has 1 saturated heterocycles. The second-order valence-corrected chi connectivity index (χ2v) is 6.09. The summed E-state index contributed by atoms with van der Waals surface area (Å²) >= 11 is 6.41. The molecule has 1 aromatic heterocycles. The summed E-state index contributed by atoms with van der Waals surface area (Å²) in [6.45, 7) is 1.30. The fourth-order valence-electron chi connectivity index (χ4n) is 3.43. The Morgan fingerprint density at radius 3 is 2.86 bits per heavy atom. The van der Waals surface area contributed by atoms with Gasteiger partial charge in [0.05, 0.1) is 24.2 Å². The van der Waals surface area contributed by atoms with Gasteiger partial charge in [-0.2, -0.15) is 0 Å². The van der Waals surface area contributed by atoms with E-state index in [4.69, 9.17) is 26.1 Å². The molecule has 2 bridgehead atoms. The molecule has 0 spiro atoms. The van der Waals surface area contributed by atoms with Gasteiger partial charge >= 0.3 is 0 Å². The SMILES string of the molecule is Clc1ccccc1C12OCC(Cn3c1nc1ccccc13)O2. The third-order valence-corrected chi connectivity index (χ3v) is 4.70. The molecule has 2 aliphatic heterocycles. The van der Waals surface area contributed by atoms with Crippen LogP contribution in [0.4, 0.5) is 0 Å². The van der Waals surface area contributed by atoms with Gasteiger partial charge in [0, 0.05) is 10.6 Å². The highest BCUT2D eigenvalue weighted by atomic mass is 35.5. The van der Waals surface area contributed by atoms with E-state index in [2.05, 4.69) is 10.6 Å². The van der Waals surface area contributed by atoms with E-state index in [1.807, 2.05) is 42.5 Å². The molecule has 0 N–H and O–H groups in total. The number of ether oxygens (including phenoxy) is 2. The first-order valence-electron chi connectivity index (χ1n) is 7.30. The average molecular weight is 313 g/mol. The lowest BCUT2D eigenvalue weighted by Crippen LogP contribution is -2.38. The van der Waals surface area contributed by atoms with Crippen LogP contribution in [-0.2, 0) is 21.8 Å². The maximum Gasteiger partial charge on any atom is 0.258 e. The molecule has 0 aliphatic carbocycles. The van der Waals surface area contributed by atoms with Crippen molar-refractivity contribution in [1.82, 2.24) is 9.55 Å². The molecule has 5 heteroatoms. The van der Waals surface area contributed by atoms with Crippen molar-refractivity contribution in [2.75, 3.05) is 6.61 Å². The minimum atomic E-state index is -1.000. The first-order valence-corrected chi connectivity index (χ1v) is 7.68. The lowest BCUT2D eigenvalue weighted by atomic mass is 10.0. The van der Waals surface area contributed by atoms with Gasteiger partial charge < -0.3 is 14.0 Å². The lowest BCUT2D eigenvalue weighted by molar-refractivity contribution is -0.162. The molecule has 2 unspecified atom stereocenters. The molecule has 2 atom stereocenters. The van der Waals surface area contributed by atoms with Crippen LogP contribution in [0.2, 0.25) is 5.02 Å². The topological polar surface area (TPSA) is 36.3 Å². The molecule has 4 nitrogen and oxygen atoms in total. The molecule has 3 aromatic rings. The highest BCUT2D eigenvalue weighted by Gasteiger charge is 2.53. The van der Waals surface area contributed by atoms with E-state index in [0.717, 1.165) is 29.0 Å². The highest BCUT2D eigenvalue weighted by molar-refractivity contribution is 6.31. The predicted octanol–water partition coefficient (Wildman–Crippen LogP) is 3.32. The average Bonchev–Trinajstić information content (AvgIpc) is 3.09. The summed E-state index contributed by atoms with van der Waals surface area (Å²) in [6.07, 6.45) is 0.0152. The molecule has 0 radical (unpaired) electrons. The quantitative estimate of drug-likeness (QED) is 0.691. The molecule has 5 rings (SSSR count). The van der Waals surface area contributed by atoms with Gasteiger partial charge in [-0.1, -0.05) is 41.9 Å². The second kappa shape index (κ2) is 4.32. The molecule has 0 amide bonds. The van der Waals surface area contributed by atoms with Crippen molar-refractivity contribution in [2.45, 2.75) is 18.4 Å². The Morgan fingerprint density at radius 1 is 1.14 bits per heavy atom. The van der Waals surface area contributed by atoms with E-state index >= 15 is 0 Å². The van der Waals surface area contributed by atoms with Crippen LogP contribution in [0.25, 0.3) is 11.0 Å². The molecular weight excluding hydrogens is 300 g/mol. The summed E-state index contributed by atoms with van der Waals surface area (Å²) in [5.41, 5.74) is 2.87. The van der Waals surface area contributed by atoms with Crippen LogP contribution in [0.1, 0.15) is 11.4 Å². The van der Waals surface area contributed by atoms with Crippen molar-refractivity contribution in [1.29, 1.82) is 0 Å². The van der Waals surface area contributed by atoms with Crippen molar-refractivity contribution in [2.24, 2.45) is 0 Å². The number of benzene rings is 2. The molecule has 3 heterocycles. The van der Waals surface area contributed by atoms with Gasteiger partial charge in [0.25, 0.3) is 5.79 Å². The summed E-state index contributed by atoms with van der Waals surface area (Å²) in [7, 11) is 0. The van der Waals surface area contributed by atoms with Crippen molar-refractivity contribution in [3.05, 3.63) is 64.9 Å². The van der Waals surface area contributed by atoms with Gasteiger partial charge in [-0.3, -0.25) is 0 Å². The number of fused-ring (bicyclic) bond motifs is 6. The zero-order chi connectivity index (χ0) is 14.7. The van der Waals surface area contributed by atoms with Crippen LogP contribution in [0.15, 0.2) is 48.5 Å². The summed E-state index contributed by atoms with van der Waals surface area (Å²) in [5, 5.41) is 0.628. The van der Waals surface area contributed by atoms with Crippen LogP contribution < -0.4 is 0 Å². The van der Waals surface area contributed by atoms with Crippen molar-refractivity contribution in [3.8, 4) is 0 Å². The Kier molecular flexibility index (Phi) is 2.48. The number of hydrogen-bond acceptors (Lipinski definition) is 3. The highest BCUT2D eigenvalue weighted by Crippen LogP contribution is 2.46. The minimum Gasteiger partial charge on any atom is -0.337 e. The van der Waals surface area contributed by atoms with E-state index in [-0.39, 0.29) is 6.10 Å². The van der Waals surface area contributed by atoms with Crippen molar-refractivity contribution >= 4 is 22.6 Å². The second-order valence-electron chi connectivity index (χ2n) is 5.68. The lowest BCUT2D eigenvalue weighted by Gasteiger charge is -2.32. The number of aromatic nitrogens is 2. The van der Waals surface area contributed by atoms with E-state index in [1.54, 1.807) is 0 Å². The van der Waals surface area contributed by atoms with Gasteiger partial charge in [0.1, 0.15) is 6.10 Å².